The molecule has 4 aromatic rings. The van der Waals surface area contributed by atoms with E-state index in [1.165, 1.54) is 12.1 Å². The summed E-state index contributed by atoms with van der Waals surface area (Å²) in [5.41, 5.74) is 1.25. The van der Waals surface area contributed by atoms with Gasteiger partial charge in [0.25, 0.3) is 0 Å². The fourth-order valence-electron chi connectivity index (χ4n) is 6.44. The molecule has 248 valence electrons. The standard InChI is InChI=1S/C34H36F4N6O3/c1-20-13-21-4-6-25(47-30-26-16-29(33(46)7-8-33)41-31(26)39-17-28(30)35)14-23(21)19-44(20)32(45)40-24-5-3-22(27(15-24)34(36,37)38)18-43-11-9-42(2)10-12-43/h3-6,14-17,20,46H,7-13,18-19H2,1-2H3,(H,39,41)(H,40,45)/t20-/m1/s1. The van der Waals surface area contributed by atoms with Gasteiger partial charge in [-0.3, -0.25) is 4.90 Å². The largest absolute Gasteiger partial charge is 0.453 e. The zero-order valence-electron chi connectivity index (χ0n) is 26.1. The number of rotatable bonds is 6. The lowest BCUT2D eigenvalue weighted by Gasteiger charge is -2.35. The second kappa shape index (κ2) is 11.8. The number of anilines is 1. The van der Waals surface area contributed by atoms with Crippen LogP contribution < -0.4 is 10.1 Å². The van der Waals surface area contributed by atoms with Crippen molar-refractivity contribution in [1.82, 2.24) is 24.7 Å². The first-order valence-corrected chi connectivity index (χ1v) is 15.7. The Morgan fingerprint density at radius 1 is 1.11 bits per heavy atom. The van der Waals surface area contributed by atoms with Gasteiger partial charge in [-0.1, -0.05) is 12.1 Å². The highest BCUT2D eigenvalue weighted by Gasteiger charge is 2.44. The van der Waals surface area contributed by atoms with Gasteiger partial charge in [0.05, 0.1) is 17.1 Å². The molecule has 0 spiro atoms. The van der Waals surface area contributed by atoms with Crippen molar-refractivity contribution in [2.45, 2.75) is 57.1 Å². The smallest absolute Gasteiger partial charge is 0.416 e. The number of piperazine rings is 1. The first-order valence-electron chi connectivity index (χ1n) is 15.7. The molecule has 1 atom stereocenters. The van der Waals surface area contributed by atoms with Crippen LogP contribution in [0, 0.1) is 5.82 Å². The summed E-state index contributed by atoms with van der Waals surface area (Å²) in [6.07, 6.45) is -1.77. The summed E-state index contributed by atoms with van der Waals surface area (Å²) in [5, 5.41) is 13.6. The minimum absolute atomic E-state index is 0.0305. The number of pyridine rings is 1. The number of hydrogen-bond donors (Lipinski definition) is 3. The van der Waals surface area contributed by atoms with Crippen molar-refractivity contribution in [2.24, 2.45) is 0 Å². The van der Waals surface area contributed by atoms with Crippen LogP contribution in [0.4, 0.5) is 28.0 Å². The van der Waals surface area contributed by atoms with Gasteiger partial charge in [-0.25, -0.2) is 14.2 Å². The van der Waals surface area contributed by atoms with Gasteiger partial charge in [0.1, 0.15) is 17.0 Å². The maximum absolute atomic E-state index is 15.0. The third-order valence-electron chi connectivity index (χ3n) is 9.49. The van der Waals surface area contributed by atoms with E-state index in [-0.39, 0.29) is 36.1 Å². The summed E-state index contributed by atoms with van der Waals surface area (Å²) < 4.78 is 63.3. The lowest BCUT2D eigenvalue weighted by molar-refractivity contribution is -0.138. The van der Waals surface area contributed by atoms with Gasteiger partial charge in [0.2, 0.25) is 0 Å². The number of aromatic amines is 1. The van der Waals surface area contributed by atoms with Crippen LogP contribution in [0.1, 0.15) is 47.7 Å². The fraction of sp³-hybridized carbons (Fsp3) is 0.412. The van der Waals surface area contributed by atoms with Crippen molar-refractivity contribution < 1.29 is 32.2 Å². The molecule has 3 aliphatic rings. The van der Waals surface area contributed by atoms with E-state index >= 15 is 0 Å². The number of carbonyl (C=O) groups is 1. The molecule has 2 amide bonds. The number of fused-ring (bicyclic) bond motifs is 2. The zero-order chi connectivity index (χ0) is 33.1. The maximum atomic E-state index is 15.0. The number of alkyl halides is 3. The number of halogens is 4. The van der Waals surface area contributed by atoms with E-state index in [1.807, 2.05) is 24.9 Å². The molecule has 2 aromatic heterocycles. The average Bonchev–Trinajstić information content (AvgIpc) is 3.62. The Hall–Kier alpha value is -4.20. The van der Waals surface area contributed by atoms with Gasteiger partial charge in [-0.2, -0.15) is 13.2 Å². The molecule has 2 aliphatic heterocycles. The van der Waals surface area contributed by atoms with Crippen molar-refractivity contribution in [2.75, 3.05) is 38.5 Å². The second-order valence-corrected chi connectivity index (χ2v) is 13.0. The number of hydrogen-bond acceptors (Lipinski definition) is 6. The van der Waals surface area contributed by atoms with Crippen molar-refractivity contribution in [3.8, 4) is 11.5 Å². The van der Waals surface area contributed by atoms with E-state index in [4.69, 9.17) is 4.74 Å². The van der Waals surface area contributed by atoms with E-state index in [1.54, 1.807) is 23.1 Å². The molecule has 3 N–H and O–H groups in total. The summed E-state index contributed by atoms with van der Waals surface area (Å²) in [4.78, 5) is 26.3. The first kappa shape index (κ1) is 31.4. The molecule has 1 aliphatic carbocycles. The number of likely N-dealkylation sites (N-methyl/N-ethyl adjacent to an activating group) is 1. The summed E-state index contributed by atoms with van der Waals surface area (Å²) in [6.45, 7) is 5.21. The Balaban J connectivity index is 1.08. The number of ether oxygens (including phenoxy) is 1. The van der Waals surface area contributed by atoms with E-state index in [2.05, 4.69) is 20.2 Å². The normalized spacial score (nSPS) is 19.9. The summed E-state index contributed by atoms with van der Waals surface area (Å²) in [6, 6.07) is 10.2. The number of benzene rings is 2. The lowest BCUT2D eigenvalue weighted by Crippen LogP contribution is -2.44. The van der Waals surface area contributed by atoms with E-state index in [0.717, 1.165) is 36.5 Å². The van der Waals surface area contributed by atoms with E-state index in [0.29, 0.717) is 54.8 Å². The van der Waals surface area contributed by atoms with Crippen LogP contribution >= 0.6 is 0 Å². The van der Waals surface area contributed by atoms with Gasteiger partial charge < -0.3 is 29.9 Å². The Labute approximate surface area is 269 Å². The lowest BCUT2D eigenvalue weighted by atomic mass is 9.95. The molecule has 2 aromatic carbocycles. The van der Waals surface area contributed by atoms with Crippen LogP contribution in [0.5, 0.6) is 11.5 Å². The Bertz CT molecular complexity index is 1830. The van der Waals surface area contributed by atoms with Crippen LogP contribution in [0.3, 0.4) is 0 Å². The number of nitrogens with one attached hydrogen (secondary N) is 2. The van der Waals surface area contributed by atoms with Crippen molar-refractivity contribution in [1.29, 1.82) is 0 Å². The topological polar surface area (TPSA) is 97.0 Å². The molecule has 0 unspecified atom stereocenters. The Morgan fingerprint density at radius 3 is 2.60 bits per heavy atom. The van der Waals surface area contributed by atoms with Gasteiger partial charge in [-0.05, 0) is 80.3 Å². The summed E-state index contributed by atoms with van der Waals surface area (Å²) >= 11 is 0. The molecule has 9 nitrogen and oxygen atoms in total. The molecule has 4 heterocycles. The highest BCUT2D eigenvalue weighted by atomic mass is 19.4. The molecule has 7 rings (SSSR count). The number of nitrogens with zero attached hydrogens (tertiary/aromatic N) is 4. The highest BCUT2D eigenvalue weighted by molar-refractivity contribution is 5.90. The van der Waals surface area contributed by atoms with Crippen molar-refractivity contribution in [3.63, 3.8) is 0 Å². The predicted molar refractivity (Wildman–Crippen MR) is 168 cm³/mol. The van der Waals surface area contributed by atoms with E-state index < -0.39 is 29.2 Å². The summed E-state index contributed by atoms with van der Waals surface area (Å²) in [7, 11) is 1.99. The molecule has 0 radical (unpaired) electrons. The number of amides is 2. The number of urea groups is 1. The molecule has 2 fully saturated rings. The number of H-pyrrole nitrogens is 1. The first-order chi connectivity index (χ1) is 22.4. The van der Waals surface area contributed by atoms with Crippen LogP contribution in [0.15, 0.2) is 48.7 Å². The highest BCUT2D eigenvalue weighted by Crippen LogP contribution is 2.46. The Kier molecular flexibility index (Phi) is 7.88. The van der Waals surface area contributed by atoms with Crippen molar-refractivity contribution >= 4 is 22.8 Å². The minimum Gasteiger partial charge on any atom is -0.453 e. The van der Waals surface area contributed by atoms with Crippen LogP contribution in [0.2, 0.25) is 0 Å². The van der Waals surface area contributed by atoms with Gasteiger partial charge in [-0.15, -0.1) is 0 Å². The van der Waals surface area contributed by atoms with Gasteiger partial charge >= 0.3 is 12.2 Å². The third-order valence-corrected chi connectivity index (χ3v) is 9.49. The quantitative estimate of drug-likeness (QED) is 0.214. The van der Waals surface area contributed by atoms with Gasteiger partial charge in [0, 0.05) is 56.7 Å². The van der Waals surface area contributed by atoms with Crippen LogP contribution in [-0.4, -0.2) is 75.1 Å². The average molecular weight is 653 g/mol. The molecular formula is C34H36F4N6O3. The second-order valence-electron chi connectivity index (χ2n) is 13.0. The van der Waals surface area contributed by atoms with Crippen molar-refractivity contribution in [3.05, 3.63) is 82.4 Å². The molecular weight excluding hydrogens is 616 g/mol. The SMILES string of the molecule is C[C@@H]1Cc2ccc(Oc3c(F)cnc4[nH]c(C5(O)CC5)cc34)cc2CN1C(=O)Nc1ccc(CN2CCN(C)CC2)c(C(F)(F)F)c1. The minimum atomic E-state index is -4.57. The number of aromatic nitrogens is 2. The summed E-state index contributed by atoms with van der Waals surface area (Å²) in [5.74, 6) is -0.341. The maximum Gasteiger partial charge on any atom is 0.416 e. The zero-order valence-corrected chi connectivity index (χ0v) is 26.1. The predicted octanol–water partition coefficient (Wildman–Crippen LogP) is 6.22. The molecule has 0 bridgehead atoms. The Morgan fingerprint density at radius 2 is 1.87 bits per heavy atom. The van der Waals surface area contributed by atoms with Gasteiger partial charge in [0.15, 0.2) is 11.6 Å². The third kappa shape index (κ3) is 6.39. The number of carbonyl (C=O) groups excluding carboxylic acids is 1. The fourth-order valence-corrected chi connectivity index (χ4v) is 6.44. The van der Waals surface area contributed by atoms with Crippen LogP contribution in [-0.2, 0) is 31.3 Å². The monoisotopic (exact) mass is 652 g/mol. The van der Waals surface area contributed by atoms with Crippen LogP contribution in [0.25, 0.3) is 11.0 Å². The number of aliphatic hydroxyl groups is 1. The molecule has 13 heteroatoms. The molecule has 1 saturated heterocycles. The van der Waals surface area contributed by atoms with E-state index in [9.17, 15) is 27.5 Å². The molecule has 1 saturated carbocycles. The molecule has 47 heavy (non-hydrogen) atoms.